The van der Waals surface area contributed by atoms with Crippen LogP contribution in [0, 0.1) is 0 Å². The first-order valence-corrected chi connectivity index (χ1v) is 8.81. The summed E-state index contributed by atoms with van der Waals surface area (Å²) >= 11 is 7.75. The molecule has 0 radical (unpaired) electrons. The molecule has 0 bridgehead atoms. The Balaban J connectivity index is 2.05. The number of allylic oxidation sites excluding steroid dienone is 1. The number of carbonyl (C=O) groups is 2. The number of hydrogen-bond donors (Lipinski definition) is 1. The highest BCUT2D eigenvalue weighted by Crippen LogP contribution is 2.39. The monoisotopic (exact) mass is 376 g/mol. The number of ether oxygens (including phenoxy) is 1. The predicted molar refractivity (Wildman–Crippen MR) is 98.5 cm³/mol. The van der Waals surface area contributed by atoms with Gasteiger partial charge in [0.25, 0.3) is 0 Å². The molecule has 0 spiro atoms. The topological polar surface area (TPSA) is 58.6 Å². The number of thiophene rings is 1. The fraction of sp³-hybridized carbons (Fsp3) is 0.222. The summed E-state index contributed by atoms with van der Waals surface area (Å²) in [5, 5.41) is 3.52. The first kappa shape index (κ1) is 17.5. The van der Waals surface area contributed by atoms with Gasteiger partial charge in [-0.1, -0.05) is 29.8 Å². The molecule has 130 valence electrons. The van der Waals surface area contributed by atoms with Crippen LogP contribution < -0.4 is 5.32 Å². The van der Waals surface area contributed by atoms with Gasteiger partial charge in [0.15, 0.2) is 0 Å². The minimum atomic E-state index is -0.544. The molecule has 3 rings (SSSR count). The molecular formula is C18H17ClN2O3S. The maximum atomic E-state index is 12.3. The molecule has 2 amide bonds. The normalized spacial score (nSPS) is 17.5. The van der Waals surface area contributed by atoms with Crippen LogP contribution in [0.25, 0.3) is 10.4 Å². The number of urea groups is 1. The van der Waals surface area contributed by atoms with Gasteiger partial charge < -0.3 is 15.0 Å². The summed E-state index contributed by atoms with van der Waals surface area (Å²) in [6.45, 7) is 1.74. The van der Waals surface area contributed by atoms with Crippen molar-refractivity contribution in [2.24, 2.45) is 0 Å². The summed E-state index contributed by atoms with van der Waals surface area (Å²) < 4.78 is 4.91. The van der Waals surface area contributed by atoms with Crippen molar-refractivity contribution in [1.82, 2.24) is 10.2 Å². The average molecular weight is 377 g/mol. The van der Waals surface area contributed by atoms with Gasteiger partial charge in [-0.25, -0.2) is 9.59 Å². The third-order valence-electron chi connectivity index (χ3n) is 4.21. The van der Waals surface area contributed by atoms with Gasteiger partial charge in [-0.05, 0) is 25.1 Å². The van der Waals surface area contributed by atoms with Gasteiger partial charge in [0.1, 0.15) is 0 Å². The van der Waals surface area contributed by atoms with E-state index in [4.69, 9.17) is 16.3 Å². The second-order valence-electron chi connectivity index (χ2n) is 5.61. The number of esters is 1. The number of nitrogens with zero attached hydrogens (tertiary/aromatic N) is 1. The van der Waals surface area contributed by atoms with Crippen LogP contribution in [0.5, 0.6) is 0 Å². The minimum Gasteiger partial charge on any atom is -0.466 e. The number of methoxy groups -OCH3 is 1. The van der Waals surface area contributed by atoms with E-state index in [0.29, 0.717) is 16.3 Å². The maximum absolute atomic E-state index is 12.3. The molecule has 2 heterocycles. The van der Waals surface area contributed by atoms with Crippen molar-refractivity contribution in [2.45, 2.75) is 13.0 Å². The fourth-order valence-electron chi connectivity index (χ4n) is 2.74. The molecule has 0 unspecified atom stereocenters. The second-order valence-corrected chi connectivity index (χ2v) is 7.14. The zero-order valence-corrected chi connectivity index (χ0v) is 15.6. The Morgan fingerprint density at radius 2 is 2.00 bits per heavy atom. The highest BCUT2D eigenvalue weighted by molar-refractivity contribution is 7.15. The number of rotatable bonds is 3. The van der Waals surface area contributed by atoms with Crippen molar-refractivity contribution in [2.75, 3.05) is 14.2 Å². The van der Waals surface area contributed by atoms with Crippen LogP contribution in [0.2, 0.25) is 5.02 Å². The van der Waals surface area contributed by atoms with Gasteiger partial charge in [-0.15, -0.1) is 11.3 Å². The standard InChI is InChI=1S/C18H17ClN2O3S/c1-10-15(17(22)24-3)16(20-18(23)21(10)2)14-9-8-13(25-14)11-6-4-5-7-12(11)19/h4-9,16H,1-3H3,(H,20,23)/t16-/m0/s1. The molecule has 0 aliphatic carbocycles. The molecule has 1 aromatic carbocycles. The SMILES string of the molecule is COC(=O)C1=C(C)N(C)C(=O)N[C@H]1c1ccc(-c2ccccc2Cl)s1. The van der Waals surface area contributed by atoms with Crippen LogP contribution in [0.3, 0.4) is 0 Å². The Labute approximate surface area is 154 Å². The summed E-state index contributed by atoms with van der Waals surface area (Å²) in [5.74, 6) is -0.456. The number of amides is 2. The lowest BCUT2D eigenvalue weighted by atomic mass is 10.0. The van der Waals surface area contributed by atoms with Gasteiger partial charge in [-0.3, -0.25) is 0 Å². The van der Waals surface area contributed by atoms with E-state index in [1.165, 1.54) is 23.3 Å². The lowest BCUT2D eigenvalue weighted by Gasteiger charge is -2.32. The Morgan fingerprint density at radius 3 is 2.68 bits per heavy atom. The minimum absolute atomic E-state index is 0.261. The largest absolute Gasteiger partial charge is 0.466 e. The van der Waals surface area contributed by atoms with Crippen LogP contribution in [-0.2, 0) is 9.53 Å². The Hall–Kier alpha value is -2.31. The highest BCUT2D eigenvalue weighted by Gasteiger charge is 2.35. The quantitative estimate of drug-likeness (QED) is 0.816. The molecule has 0 fully saturated rings. The molecule has 5 nitrogen and oxygen atoms in total. The summed E-state index contributed by atoms with van der Waals surface area (Å²) in [5.41, 5.74) is 1.92. The van der Waals surface area contributed by atoms with E-state index in [9.17, 15) is 9.59 Å². The lowest BCUT2D eigenvalue weighted by Crippen LogP contribution is -2.45. The zero-order chi connectivity index (χ0) is 18.1. The number of benzene rings is 1. The third-order valence-corrected chi connectivity index (χ3v) is 5.72. The lowest BCUT2D eigenvalue weighted by molar-refractivity contribution is -0.136. The third kappa shape index (κ3) is 3.15. The summed E-state index contributed by atoms with van der Waals surface area (Å²) in [7, 11) is 2.95. The van der Waals surface area contributed by atoms with E-state index >= 15 is 0 Å². The zero-order valence-electron chi connectivity index (χ0n) is 14.0. The predicted octanol–water partition coefficient (Wildman–Crippen LogP) is 4.21. The summed E-state index contributed by atoms with van der Waals surface area (Å²) in [6, 6.07) is 10.6. The summed E-state index contributed by atoms with van der Waals surface area (Å²) in [6.07, 6.45) is 0. The van der Waals surface area contributed by atoms with Gasteiger partial charge in [-0.2, -0.15) is 0 Å². The second kappa shape index (κ2) is 6.90. The Morgan fingerprint density at radius 1 is 1.28 bits per heavy atom. The van der Waals surface area contributed by atoms with Crippen LogP contribution in [0.15, 0.2) is 47.7 Å². The molecule has 25 heavy (non-hydrogen) atoms. The molecule has 0 saturated heterocycles. The number of hydrogen-bond acceptors (Lipinski definition) is 4. The molecule has 2 aromatic rings. The van der Waals surface area contributed by atoms with Crippen molar-refractivity contribution in [3.8, 4) is 10.4 Å². The highest BCUT2D eigenvalue weighted by atomic mass is 35.5. The maximum Gasteiger partial charge on any atom is 0.338 e. The summed E-state index contributed by atoms with van der Waals surface area (Å²) in [4.78, 5) is 27.7. The smallest absolute Gasteiger partial charge is 0.338 e. The molecule has 1 N–H and O–H groups in total. The molecule has 1 aliphatic heterocycles. The molecule has 1 aromatic heterocycles. The van der Waals surface area contributed by atoms with E-state index in [1.807, 2.05) is 36.4 Å². The van der Waals surface area contributed by atoms with E-state index in [-0.39, 0.29) is 6.03 Å². The van der Waals surface area contributed by atoms with E-state index in [1.54, 1.807) is 14.0 Å². The van der Waals surface area contributed by atoms with Crippen molar-refractivity contribution < 1.29 is 14.3 Å². The first-order chi connectivity index (χ1) is 11.9. The van der Waals surface area contributed by atoms with Crippen molar-refractivity contribution in [1.29, 1.82) is 0 Å². The average Bonchev–Trinajstić information content (AvgIpc) is 3.09. The van der Waals surface area contributed by atoms with Crippen LogP contribution in [-0.4, -0.2) is 31.1 Å². The van der Waals surface area contributed by atoms with Gasteiger partial charge in [0.05, 0.1) is 18.7 Å². The van der Waals surface area contributed by atoms with Gasteiger partial charge in [0, 0.05) is 33.1 Å². The van der Waals surface area contributed by atoms with Gasteiger partial charge in [0.2, 0.25) is 0 Å². The Kier molecular flexibility index (Phi) is 4.83. The number of halogens is 1. The molecule has 7 heteroatoms. The van der Waals surface area contributed by atoms with Gasteiger partial charge >= 0.3 is 12.0 Å². The van der Waals surface area contributed by atoms with Crippen molar-refractivity contribution in [3.63, 3.8) is 0 Å². The first-order valence-electron chi connectivity index (χ1n) is 7.62. The fourth-order valence-corrected chi connectivity index (χ4v) is 4.14. The molecule has 1 aliphatic rings. The Bertz CT molecular complexity index is 875. The molecule has 1 atom stereocenters. The number of carbonyl (C=O) groups excluding carboxylic acids is 2. The van der Waals surface area contributed by atoms with E-state index in [0.717, 1.165) is 15.3 Å². The van der Waals surface area contributed by atoms with Crippen LogP contribution in [0.4, 0.5) is 4.79 Å². The molecular weight excluding hydrogens is 360 g/mol. The van der Waals surface area contributed by atoms with E-state index in [2.05, 4.69) is 5.32 Å². The van der Waals surface area contributed by atoms with E-state index < -0.39 is 12.0 Å². The van der Waals surface area contributed by atoms with Crippen molar-refractivity contribution in [3.05, 3.63) is 57.6 Å². The van der Waals surface area contributed by atoms with Crippen molar-refractivity contribution >= 4 is 34.9 Å². The van der Waals surface area contributed by atoms with Crippen LogP contribution in [0.1, 0.15) is 17.8 Å². The number of nitrogens with one attached hydrogen (secondary N) is 1. The molecule has 0 saturated carbocycles. The van der Waals surface area contributed by atoms with Crippen LogP contribution >= 0.6 is 22.9 Å².